The number of hydrogen-bond acceptors (Lipinski definition) is 4. The number of nitrogens with one attached hydrogen (secondary N) is 1. The molecule has 0 unspecified atom stereocenters. The molecule has 1 saturated heterocycles. The zero-order valence-corrected chi connectivity index (χ0v) is 15.2. The molecule has 0 radical (unpaired) electrons. The van der Waals surface area contributed by atoms with Crippen molar-refractivity contribution in [2.24, 2.45) is 0 Å². The Morgan fingerprint density at radius 2 is 1.74 bits per heavy atom. The van der Waals surface area contributed by atoms with Crippen molar-refractivity contribution in [2.75, 3.05) is 29.9 Å². The van der Waals surface area contributed by atoms with Crippen molar-refractivity contribution < 1.29 is 13.6 Å². The number of aromatic nitrogens is 1. The molecule has 138 valence electrons. The van der Waals surface area contributed by atoms with E-state index >= 15 is 0 Å². The van der Waals surface area contributed by atoms with Crippen LogP contribution in [0.5, 0.6) is 0 Å². The largest absolute Gasteiger partial charge is 0.354 e. The molecule has 1 aliphatic heterocycles. The molecule has 1 N–H and O–H groups in total. The van der Waals surface area contributed by atoms with Gasteiger partial charge in [0.05, 0.1) is 16.8 Å². The number of carbonyl (C=O) groups excluding carboxylic acids is 1. The Kier molecular flexibility index (Phi) is 4.94. The Morgan fingerprint density at radius 1 is 1.04 bits per heavy atom. The van der Waals surface area contributed by atoms with Crippen LogP contribution in [0.25, 0.3) is 10.9 Å². The van der Waals surface area contributed by atoms with Gasteiger partial charge in [0, 0.05) is 41.9 Å². The van der Waals surface area contributed by atoms with Crippen LogP contribution >= 0.6 is 11.8 Å². The minimum atomic E-state index is -0.412. The van der Waals surface area contributed by atoms with Gasteiger partial charge < -0.3 is 10.2 Å². The van der Waals surface area contributed by atoms with Crippen LogP contribution in [0.15, 0.2) is 48.7 Å². The molecular formula is C20H17F2N3OS. The maximum absolute atomic E-state index is 13.9. The summed E-state index contributed by atoms with van der Waals surface area (Å²) in [6.07, 6.45) is 1.52. The second-order valence-electron chi connectivity index (χ2n) is 6.24. The number of anilines is 2. The molecule has 0 atom stereocenters. The van der Waals surface area contributed by atoms with Crippen LogP contribution in [0.4, 0.5) is 20.2 Å². The van der Waals surface area contributed by atoms with Gasteiger partial charge in [-0.25, -0.2) is 8.78 Å². The van der Waals surface area contributed by atoms with E-state index in [9.17, 15) is 13.6 Å². The highest BCUT2D eigenvalue weighted by molar-refractivity contribution is 7.99. The van der Waals surface area contributed by atoms with E-state index in [1.54, 1.807) is 23.1 Å². The number of hydrogen-bond donors (Lipinski definition) is 1. The van der Waals surface area contributed by atoms with Crippen LogP contribution in [0.3, 0.4) is 0 Å². The van der Waals surface area contributed by atoms with Gasteiger partial charge in [0.25, 0.3) is 5.91 Å². The Morgan fingerprint density at radius 3 is 2.48 bits per heavy atom. The van der Waals surface area contributed by atoms with Crippen molar-refractivity contribution in [3.63, 3.8) is 0 Å². The molecule has 0 aliphatic carbocycles. The van der Waals surface area contributed by atoms with Crippen LogP contribution in [0.1, 0.15) is 10.4 Å². The molecule has 1 fully saturated rings. The van der Waals surface area contributed by atoms with E-state index in [1.165, 1.54) is 30.5 Å². The maximum atomic E-state index is 13.9. The van der Waals surface area contributed by atoms with E-state index < -0.39 is 5.82 Å². The predicted octanol–water partition coefficient (Wildman–Crippen LogP) is 4.45. The number of fused-ring (bicyclic) bond motifs is 1. The van der Waals surface area contributed by atoms with Gasteiger partial charge in [0.15, 0.2) is 0 Å². The predicted molar refractivity (Wildman–Crippen MR) is 105 cm³/mol. The monoisotopic (exact) mass is 385 g/mol. The molecule has 0 spiro atoms. The summed E-state index contributed by atoms with van der Waals surface area (Å²) in [6.45, 7) is 1.33. The first kappa shape index (κ1) is 17.7. The molecule has 1 amide bonds. The summed E-state index contributed by atoms with van der Waals surface area (Å²) in [7, 11) is 0. The number of amides is 1. The lowest BCUT2D eigenvalue weighted by Gasteiger charge is -2.27. The van der Waals surface area contributed by atoms with E-state index in [2.05, 4.69) is 10.3 Å². The van der Waals surface area contributed by atoms with Crippen LogP contribution in [0.2, 0.25) is 0 Å². The minimum absolute atomic E-state index is 0.140. The SMILES string of the molecule is O=C(c1cnc2ccc(F)cc2c1Nc1ccc(F)cc1)N1CCSCC1. The first-order valence-electron chi connectivity index (χ1n) is 8.60. The fourth-order valence-corrected chi connectivity index (χ4v) is 3.98. The fourth-order valence-electron chi connectivity index (χ4n) is 3.08. The molecule has 1 aromatic heterocycles. The highest BCUT2D eigenvalue weighted by atomic mass is 32.2. The van der Waals surface area contributed by atoms with Crippen molar-refractivity contribution in [1.29, 1.82) is 0 Å². The van der Waals surface area contributed by atoms with Crippen LogP contribution in [0, 0.1) is 11.6 Å². The lowest BCUT2D eigenvalue weighted by atomic mass is 10.1. The van der Waals surface area contributed by atoms with Gasteiger partial charge in [-0.3, -0.25) is 9.78 Å². The van der Waals surface area contributed by atoms with Crippen LogP contribution < -0.4 is 5.32 Å². The lowest BCUT2D eigenvalue weighted by Crippen LogP contribution is -2.38. The van der Waals surface area contributed by atoms with E-state index in [0.717, 1.165) is 11.5 Å². The minimum Gasteiger partial charge on any atom is -0.354 e. The summed E-state index contributed by atoms with van der Waals surface area (Å²) >= 11 is 1.81. The highest BCUT2D eigenvalue weighted by Crippen LogP contribution is 2.31. The molecule has 0 saturated carbocycles. The summed E-state index contributed by atoms with van der Waals surface area (Å²) in [6, 6.07) is 10.1. The first-order valence-corrected chi connectivity index (χ1v) is 9.75. The molecule has 2 heterocycles. The molecule has 3 aromatic rings. The van der Waals surface area contributed by atoms with Gasteiger partial charge >= 0.3 is 0 Å². The standard InChI is InChI=1S/C20H17F2N3OS/c21-13-1-4-15(5-2-13)24-19-16-11-14(22)3-6-18(16)23-12-17(19)20(26)25-7-9-27-10-8-25/h1-6,11-12H,7-10H2,(H,23,24). The molecule has 0 bridgehead atoms. The van der Waals surface area contributed by atoms with Crippen molar-refractivity contribution in [3.8, 4) is 0 Å². The van der Waals surface area contributed by atoms with Crippen LogP contribution in [-0.2, 0) is 0 Å². The van der Waals surface area contributed by atoms with Gasteiger partial charge in [-0.15, -0.1) is 0 Å². The second-order valence-corrected chi connectivity index (χ2v) is 7.47. The quantitative estimate of drug-likeness (QED) is 0.724. The number of benzene rings is 2. The van der Waals surface area contributed by atoms with Gasteiger partial charge in [-0.2, -0.15) is 11.8 Å². The van der Waals surface area contributed by atoms with E-state index in [4.69, 9.17) is 0 Å². The third kappa shape index (κ3) is 3.73. The Labute approximate surface area is 159 Å². The molecule has 1 aliphatic rings. The molecule has 27 heavy (non-hydrogen) atoms. The molecule has 2 aromatic carbocycles. The number of pyridine rings is 1. The van der Waals surface area contributed by atoms with Gasteiger partial charge in [0.1, 0.15) is 11.6 Å². The number of carbonyl (C=O) groups is 1. The summed E-state index contributed by atoms with van der Waals surface area (Å²) < 4.78 is 27.1. The van der Waals surface area contributed by atoms with Crippen molar-refractivity contribution in [2.45, 2.75) is 0 Å². The fraction of sp³-hybridized carbons (Fsp3) is 0.200. The third-order valence-corrected chi connectivity index (χ3v) is 5.41. The number of halogens is 2. The zero-order chi connectivity index (χ0) is 18.8. The van der Waals surface area contributed by atoms with E-state index in [1.807, 2.05) is 11.8 Å². The zero-order valence-electron chi connectivity index (χ0n) is 14.4. The van der Waals surface area contributed by atoms with Gasteiger partial charge in [0.2, 0.25) is 0 Å². The van der Waals surface area contributed by atoms with Crippen molar-refractivity contribution in [3.05, 3.63) is 65.9 Å². The van der Waals surface area contributed by atoms with E-state index in [-0.39, 0.29) is 11.7 Å². The molecular weight excluding hydrogens is 368 g/mol. The maximum Gasteiger partial charge on any atom is 0.257 e. The Hall–Kier alpha value is -2.67. The third-order valence-electron chi connectivity index (χ3n) is 4.47. The number of rotatable bonds is 3. The summed E-state index contributed by atoms with van der Waals surface area (Å²) in [5.41, 5.74) is 2.04. The normalized spacial score (nSPS) is 14.4. The average Bonchev–Trinajstić information content (AvgIpc) is 2.70. The Balaban J connectivity index is 1.81. The van der Waals surface area contributed by atoms with Crippen LogP contribution in [-0.4, -0.2) is 40.4 Å². The molecule has 4 nitrogen and oxygen atoms in total. The smallest absolute Gasteiger partial charge is 0.257 e. The molecule has 4 rings (SSSR count). The first-order chi connectivity index (χ1) is 13.1. The number of thioether (sulfide) groups is 1. The second kappa shape index (κ2) is 7.52. The highest BCUT2D eigenvalue weighted by Gasteiger charge is 2.23. The van der Waals surface area contributed by atoms with Gasteiger partial charge in [-0.05, 0) is 42.5 Å². The lowest BCUT2D eigenvalue weighted by molar-refractivity contribution is 0.0773. The van der Waals surface area contributed by atoms with Gasteiger partial charge in [-0.1, -0.05) is 0 Å². The summed E-state index contributed by atoms with van der Waals surface area (Å²) in [5, 5.41) is 3.67. The van der Waals surface area contributed by atoms with E-state index in [0.29, 0.717) is 40.9 Å². The van der Waals surface area contributed by atoms with Crippen molar-refractivity contribution >= 4 is 39.9 Å². The topological polar surface area (TPSA) is 45.2 Å². The molecule has 7 heteroatoms. The summed E-state index contributed by atoms with van der Waals surface area (Å²) in [5.74, 6) is 0.877. The number of nitrogens with zero attached hydrogens (tertiary/aromatic N) is 2. The average molecular weight is 385 g/mol. The Bertz CT molecular complexity index is 988. The summed E-state index contributed by atoms with van der Waals surface area (Å²) in [4.78, 5) is 19.2. The van der Waals surface area contributed by atoms with Crippen molar-refractivity contribution in [1.82, 2.24) is 9.88 Å².